The first kappa shape index (κ1) is 55.5. The number of nitrogens with zero attached hydrogens (tertiary/aromatic N) is 6. The van der Waals surface area contributed by atoms with E-state index < -0.39 is 64.2 Å². The molecule has 2 aliphatic rings. The number of rotatable bonds is 22. The summed E-state index contributed by atoms with van der Waals surface area (Å²) in [6.45, 7) is 14.2. The standard InChI is InChI=1S/C52H62F3N7O8S2/c1-32(43-19-13-35(28-57-43)45-33(2)58-31-72-45)59-46(65)44-26-38(63)29-60(44)47(66)42(50(3,4)5)25-39(64)30-69-22-11-21-68-20-9-8-10-23-70-40-17-15-36(16-18-40)62-49(71)61(48(67)51(62,6)7)37-14-12-34(27-56)41(24-37)52(53,54)55/h12-19,24,28,31-32,38,42,44,63H,8-11,20-23,25-26,29-30H2,1-7H3,(H,59,65)/t32-,38+,42+,44-/m0/s1. The van der Waals surface area contributed by atoms with Gasteiger partial charge in [-0.3, -0.25) is 29.1 Å². The van der Waals surface area contributed by atoms with Gasteiger partial charge in [0, 0.05) is 62.6 Å². The molecule has 4 heterocycles. The molecule has 6 rings (SSSR count). The van der Waals surface area contributed by atoms with Crippen LogP contribution >= 0.6 is 23.6 Å². The van der Waals surface area contributed by atoms with Crippen LogP contribution in [0.5, 0.6) is 5.75 Å². The molecule has 20 heteroatoms. The summed E-state index contributed by atoms with van der Waals surface area (Å²) >= 11 is 7.15. The van der Waals surface area contributed by atoms with Crippen LogP contribution in [0.25, 0.3) is 10.4 Å². The minimum Gasteiger partial charge on any atom is -0.494 e. The van der Waals surface area contributed by atoms with Gasteiger partial charge in [0.2, 0.25) is 11.8 Å². The Morgan fingerprint density at radius 3 is 2.29 bits per heavy atom. The van der Waals surface area contributed by atoms with E-state index >= 15 is 0 Å². The second kappa shape index (κ2) is 23.8. The number of likely N-dealkylation sites (tertiary alicyclic amines) is 1. The number of amides is 3. The number of aromatic nitrogens is 2. The van der Waals surface area contributed by atoms with Gasteiger partial charge >= 0.3 is 6.18 Å². The molecular formula is C52H62F3N7O8S2. The van der Waals surface area contributed by atoms with Gasteiger partial charge in [0.1, 0.15) is 23.9 Å². The number of ether oxygens (including phenoxy) is 3. The first-order valence-corrected chi connectivity index (χ1v) is 25.2. The van der Waals surface area contributed by atoms with E-state index in [1.54, 1.807) is 60.8 Å². The number of aryl methyl sites for hydroxylation is 1. The third kappa shape index (κ3) is 13.4. The fraction of sp³-hybridized carbons (Fsp3) is 0.500. The van der Waals surface area contributed by atoms with E-state index in [2.05, 4.69) is 15.3 Å². The second-order valence-corrected chi connectivity index (χ2v) is 20.8. The maximum Gasteiger partial charge on any atom is 0.417 e. The molecule has 0 bridgehead atoms. The van der Waals surface area contributed by atoms with Crippen molar-refractivity contribution in [2.45, 2.75) is 117 Å². The number of alkyl halides is 3. The normalized spacial score (nSPS) is 17.8. The van der Waals surface area contributed by atoms with E-state index in [1.165, 1.54) is 22.3 Å². The fourth-order valence-corrected chi connectivity index (χ4v) is 10.0. The fourth-order valence-electron chi connectivity index (χ4n) is 8.69. The molecule has 386 valence electrons. The lowest BCUT2D eigenvalue weighted by Gasteiger charge is -2.35. The Kier molecular flexibility index (Phi) is 18.3. The van der Waals surface area contributed by atoms with Gasteiger partial charge in [0.15, 0.2) is 10.9 Å². The van der Waals surface area contributed by atoms with Crippen molar-refractivity contribution < 1.29 is 51.7 Å². The average molecular weight is 1030 g/mol. The van der Waals surface area contributed by atoms with E-state index in [0.717, 1.165) is 52.4 Å². The molecule has 0 saturated carbocycles. The Morgan fingerprint density at radius 1 is 0.972 bits per heavy atom. The summed E-state index contributed by atoms with van der Waals surface area (Å²) in [5.41, 5.74) is 1.20. The predicted octanol–water partition coefficient (Wildman–Crippen LogP) is 8.75. The van der Waals surface area contributed by atoms with Gasteiger partial charge in [0.05, 0.1) is 63.4 Å². The monoisotopic (exact) mass is 1030 g/mol. The number of Topliss-reactive ketones (excluding diaryl/α,β-unsaturated/α-hetero) is 1. The average Bonchev–Trinajstić information content (AvgIpc) is 4.00. The number of hydrogen-bond donors (Lipinski definition) is 2. The first-order valence-electron chi connectivity index (χ1n) is 23.9. The highest BCUT2D eigenvalue weighted by atomic mass is 32.1. The smallest absolute Gasteiger partial charge is 0.417 e. The number of aliphatic hydroxyl groups excluding tert-OH is 1. The number of nitriles is 1. The first-order chi connectivity index (χ1) is 34.0. The number of thiazole rings is 1. The molecule has 2 saturated heterocycles. The molecule has 2 fully saturated rings. The van der Waals surface area contributed by atoms with Crippen LogP contribution in [0.1, 0.15) is 109 Å². The van der Waals surface area contributed by atoms with Crippen molar-refractivity contribution in [2.75, 3.05) is 49.4 Å². The zero-order chi connectivity index (χ0) is 52.5. The molecule has 0 spiro atoms. The van der Waals surface area contributed by atoms with Crippen LogP contribution in [0.2, 0.25) is 0 Å². The predicted molar refractivity (Wildman–Crippen MR) is 270 cm³/mol. The molecule has 2 aromatic carbocycles. The van der Waals surface area contributed by atoms with Crippen LogP contribution in [-0.2, 0) is 34.8 Å². The third-order valence-corrected chi connectivity index (χ3v) is 14.1. The summed E-state index contributed by atoms with van der Waals surface area (Å²) in [5, 5.41) is 22.8. The number of ketones is 1. The number of carbonyl (C=O) groups excluding carboxylic acids is 4. The van der Waals surface area contributed by atoms with Crippen LogP contribution in [0.15, 0.2) is 66.3 Å². The number of halogens is 3. The highest BCUT2D eigenvalue weighted by molar-refractivity contribution is 7.81. The molecule has 2 aromatic heterocycles. The van der Waals surface area contributed by atoms with E-state index in [9.17, 15) is 42.7 Å². The van der Waals surface area contributed by atoms with Crippen molar-refractivity contribution in [3.8, 4) is 22.3 Å². The molecule has 4 aromatic rings. The summed E-state index contributed by atoms with van der Waals surface area (Å²) in [6, 6.07) is 14.0. The number of carbonyl (C=O) groups is 4. The van der Waals surface area contributed by atoms with Gasteiger partial charge in [-0.05, 0) is 120 Å². The topological polar surface area (TPSA) is 188 Å². The highest BCUT2D eigenvalue weighted by Gasteiger charge is 2.51. The number of β-amino-alcohol motifs (C(OH)–C–C–N with tert-alkyl or cyclic N) is 1. The molecular weight excluding hydrogens is 972 g/mol. The summed E-state index contributed by atoms with van der Waals surface area (Å²) in [4.78, 5) is 68.3. The van der Waals surface area contributed by atoms with Crippen LogP contribution in [0, 0.1) is 29.6 Å². The maximum absolute atomic E-state index is 14.1. The third-order valence-electron chi connectivity index (χ3n) is 12.7. The zero-order valence-electron chi connectivity index (χ0n) is 41.6. The minimum atomic E-state index is -4.80. The highest BCUT2D eigenvalue weighted by Crippen LogP contribution is 2.40. The molecule has 4 atom stereocenters. The summed E-state index contributed by atoms with van der Waals surface area (Å²) in [5.74, 6) is -1.67. The lowest BCUT2D eigenvalue weighted by molar-refractivity contribution is -0.147. The number of aliphatic hydroxyl groups is 1. The van der Waals surface area contributed by atoms with Crippen LogP contribution < -0.4 is 19.9 Å². The van der Waals surface area contributed by atoms with Crippen molar-refractivity contribution in [2.24, 2.45) is 11.3 Å². The van der Waals surface area contributed by atoms with Gasteiger partial charge in [-0.15, -0.1) is 11.3 Å². The number of anilines is 2. The number of thiocarbonyl (C=S) groups is 1. The van der Waals surface area contributed by atoms with Crippen LogP contribution in [0.4, 0.5) is 24.5 Å². The number of hydrogen-bond acceptors (Lipinski definition) is 13. The zero-order valence-corrected chi connectivity index (χ0v) is 43.2. The molecule has 3 amide bonds. The van der Waals surface area contributed by atoms with Crippen molar-refractivity contribution in [1.82, 2.24) is 20.2 Å². The molecule has 72 heavy (non-hydrogen) atoms. The van der Waals surface area contributed by atoms with E-state index in [-0.39, 0.29) is 48.5 Å². The molecule has 0 aliphatic carbocycles. The second-order valence-electron chi connectivity index (χ2n) is 19.6. The van der Waals surface area contributed by atoms with Gasteiger partial charge < -0.3 is 34.4 Å². The van der Waals surface area contributed by atoms with Crippen LogP contribution in [-0.4, -0.2) is 106 Å². The molecule has 0 radical (unpaired) electrons. The Labute approximate surface area is 427 Å². The number of unbranched alkanes of at least 4 members (excludes halogenated alkanes) is 2. The lowest BCUT2D eigenvalue weighted by atomic mass is 9.77. The lowest BCUT2D eigenvalue weighted by Crippen LogP contribution is -2.50. The number of nitrogens with one attached hydrogen (secondary N) is 1. The summed E-state index contributed by atoms with van der Waals surface area (Å²) in [6.07, 6.45) is -0.947. The van der Waals surface area contributed by atoms with Gasteiger partial charge in [-0.25, -0.2) is 4.98 Å². The molecule has 2 aliphatic heterocycles. The maximum atomic E-state index is 14.1. The Morgan fingerprint density at radius 2 is 1.65 bits per heavy atom. The van der Waals surface area contributed by atoms with Crippen molar-refractivity contribution in [3.63, 3.8) is 0 Å². The minimum absolute atomic E-state index is 0.00174. The molecule has 2 N–H and O–H groups in total. The van der Waals surface area contributed by atoms with E-state index in [0.29, 0.717) is 50.0 Å². The van der Waals surface area contributed by atoms with Crippen molar-refractivity contribution in [3.05, 3.63) is 88.8 Å². The van der Waals surface area contributed by atoms with Crippen LogP contribution in [0.3, 0.4) is 0 Å². The van der Waals surface area contributed by atoms with E-state index in [4.69, 9.17) is 26.4 Å². The summed E-state index contributed by atoms with van der Waals surface area (Å²) in [7, 11) is 0. The SMILES string of the molecule is Cc1ncsc1-c1ccc([C@H](C)NC(=O)[C@@H]2C[C@@H](O)CN2C(=O)[C@@H](CC(=O)COCCCOCCCCCOc2ccc(N3C(=S)N(c4ccc(C#N)c(C(F)(F)F)c4)C(=O)C3(C)C)cc2)C(C)(C)C)nc1. The Hall–Kier alpha value is -5.85. The van der Waals surface area contributed by atoms with Crippen molar-refractivity contribution >= 4 is 63.5 Å². The molecule has 15 nitrogen and oxygen atoms in total. The quantitative estimate of drug-likeness (QED) is 0.0563. The van der Waals surface area contributed by atoms with Gasteiger partial charge in [-0.1, -0.05) is 26.8 Å². The number of pyridine rings is 1. The largest absolute Gasteiger partial charge is 0.494 e. The summed E-state index contributed by atoms with van der Waals surface area (Å²) < 4.78 is 58.5. The number of benzene rings is 2. The van der Waals surface area contributed by atoms with E-state index in [1.807, 2.05) is 46.8 Å². The Bertz CT molecular complexity index is 2610. The Balaban J connectivity index is 0.859. The van der Waals surface area contributed by atoms with Gasteiger partial charge in [0.25, 0.3) is 5.91 Å². The van der Waals surface area contributed by atoms with Gasteiger partial charge in [-0.2, -0.15) is 18.4 Å². The van der Waals surface area contributed by atoms with Crippen molar-refractivity contribution in [1.29, 1.82) is 5.26 Å². The molecule has 0 unspecified atom stereocenters.